The summed E-state index contributed by atoms with van der Waals surface area (Å²) >= 11 is 0. The number of hydrogen-bond acceptors (Lipinski definition) is 5. The van der Waals surface area contributed by atoms with Gasteiger partial charge in [-0.2, -0.15) is 0 Å². The van der Waals surface area contributed by atoms with Crippen LogP contribution in [-0.4, -0.2) is 33.2 Å². The van der Waals surface area contributed by atoms with Crippen molar-refractivity contribution in [3.8, 4) is 0 Å². The molecule has 0 atom stereocenters. The van der Waals surface area contributed by atoms with Gasteiger partial charge < -0.3 is 5.32 Å². The van der Waals surface area contributed by atoms with Gasteiger partial charge in [-0.15, -0.1) is 0 Å². The maximum atomic E-state index is 12.1. The number of nitrogens with zero attached hydrogens (tertiary/aromatic N) is 3. The van der Waals surface area contributed by atoms with E-state index in [1.165, 1.54) is 4.90 Å². The zero-order valence-corrected chi connectivity index (χ0v) is 12.8. The lowest BCUT2D eigenvalue weighted by atomic mass is 9.82. The van der Waals surface area contributed by atoms with Gasteiger partial charge in [0.1, 0.15) is 5.82 Å². The second-order valence-corrected chi connectivity index (χ2v) is 6.21. The van der Waals surface area contributed by atoms with Gasteiger partial charge in [-0.25, -0.2) is 4.98 Å². The van der Waals surface area contributed by atoms with Gasteiger partial charge in [0, 0.05) is 19.4 Å². The van der Waals surface area contributed by atoms with Crippen molar-refractivity contribution < 1.29 is 9.59 Å². The molecule has 21 heavy (non-hydrogen) atoms. The van der Waals surface area contributed by atoms with E-state index >= 15 is 0 Å². The number of anilines is 1. The number of imide groups is 1. The van der Waals surface area contributed by atoms with Gasteiger partial charge in [-0.3, -0.25) is 19.5 Å². The number of carbonyl (C=O) groups excluding carboxylic acids is 2. The Balaban J connectivity index is 2.01. The molecule has 0 spiro atoms. The van der Waals surface area contributed by atoms with Crippen LogP contribution in [0.1, 0.15) is 45.7 Å². The van der Waals surface area contributed by atoms with E-state index in [4.69, 9.17) is 0 Å². The van der Waals surface area contributed by atoms with Crippen molar-refractivity contribution in [2.75, 3.05) is 11.9 Å². The van der Waals surface area contributed by atoms with Gasteiger partial charge in [0.05, 0.1) is 24.6 Å². The molecule has 6 heteroatoms. The molecule has 1 aromatic rings. The van der Waals surface area contributed by atoms with Gasteiger partial charge in [-0.1, -0.05) is 20.8 Å². The molecule has 0 bridgehead atoms. The number of aromatic nitrogens is 2. The lowest BCUT2D eigenvalue weighted by Crippen LogP contribution is -2.45. The van der Waals surface area contributed by atoms with Crippen molar-refractivity contribution >= 4 is 17.6 Å². The Morgan fingerprint density at radius 1 is 1.19 bits per heavy atom. The molecule has 0 radical (unpaired) electrons. The SMILES string of the molecule is CCCNc1cnc(CN2C(=O)CC(C)(C)CC2=O)cn1. The highest BCUT2D eigenvalue weighted by atomic mass is 16.2. The summed E-state index contributed by atoms with van der Waals surface area (Å²) in [5.41, 5.74) is 0.378. The van der Waals surface area contributed by atoms with Gasteiger partial charge in [0.25, 0.3) is 0 Å². The second-order valence-electron chi connectivity index (χ2n) is 6.21. The van der Waals surface area contributed by atoms with Crippen LogP contribution in [-0.2, 0) is 16.1 Å². The zero-order valence-electron chi connectivity index (χ0n) is 12.8. The number of piperidine rings is 1. The maximum absolute atomic E-state index is 12.1. The summed E-state index contributed by atoms with van der Waals surface area (Å²) in [7, 11) is 0. The van der Waals surface area contributed by atoms with E-state index < -0.39 is 0 Å². The lowest BCUT2D eigenvalue weighted by molar-refractivity contribution is -0.153. The average molecular weight is 290 g/mol. The fourth-order valence-corrected chi connectivity index (χ4v) is 2.33. The minimum atomic E-state index is -0.246. The summed E-state index contributed by atoms with van der Waals surface area (Å²) in [6, 6.07) is 0. The van der Waals surface area contributed by atoms with Gasteiger partial charge in [0.2, 0.25) is 11.8 Å². The number of rotatable bonds is 5. The Morgan fingerprint density at radius 2 is 1.86 bits per heavy atom. The standard InChI is InChI=1S/C15H22N4O2/c1-4-5-16-12-9-17-11(8-18-12)10-19-13(20)6-15(2,3)7-14(19)21/h8-9H,4-7,10H2,1-3H3,(H,16,18). The molecule has 1 aliphatic heterocycles. The van der Waals surface area contributed by atoms with Gasteiger partial charge >= 0.3 is 0 Å². The molecule has 0 saturated carbocycles. The third-order valence-electron chi connectivity index (χ3n) is 3.44. The number of likely N-dealkylation sites (tertiary alicyclic amines) is 1. The van der Waals surface area contributed by atoms with Crippen LogP contribution in [0.4, 0.5) is 5.82 Å². The summed E-state index contributed by atoms with van der Waals surface area (Å²) in [4.78, 5) is 33.9. The molecule has 1 fully saturated rings. The Bertz CT molecular complexity index is 505. The Morgan fingerprint density at radius 3 is 2.38 bits per heavy atom. The van der Waals surface area contributed by atoms with Crippen LogP contribution in [0.2, 0.25) is 0 Å². The van der Waals surface area contributed by atoms with Crippen molar-refractivity contribution in [3.63, 3.8) is 0 Å². The lowest BCUT2D eigenvalue weighted by Gasteiger charge is -2.34. The molecule has 0 aromatic carbocycles. The molecular formula is C15H22N4O2. The van der Waals surface area contributed by atoms with Gasteiger partial charge in [0.15, 0.2) is 0 Å². The predicted octanol–water partition coefficient (Wildman–Crippen LogP) is 1.97. The van der Waals surface area contributed by atoms with Crippen molar-refractivity contribution in [2.24, 2.45) is 5.41 Å². The highest BCUT2D eigenvalue weighted by molar-refractivity contribution is 5.98. The number of hydrogen-bond donors (Lipinski definition) is 1. The molecule has 0 unspecified atom stereocenters. The number of carbonyl (C=O) groups is 2. The first kappa shape index (κ1) is 15.4. The van der Waals surface area contributed by atoms with E-state index in [0.29, 0.717) is 24.4 Å². The van der Waals surface area contributed by atoms with Crippen LogP contribution in [0.25, 0.3) is 0 Å². The van der Waals surface area contributed by atoms with Crippen molar-refractivity contribution in [2.45, 2.75) is 46.6 Å². The monoisotopic (exact) mass is 290 g/mol. The zero-order chi connectivity index (χ0) is 15.5. The van der Waals surface area contributed by atoms with E-state index in [0.717, 1.165) is 13.0 Å². The van der Waals surface area contributed by atoms with Crippen LogP contribution in [0.5, 0.6) is 0 Å². The van der Waals surface area contributed by atoms with Crippen LogP contribution < -0.4 is 5.32 Å². The van der Waals surface area contributed by atoms with E-state index in [-0.39, 0.29) is 23.8 Å². The third kappa shape index (κ3) is 4.00. The molecule has 2 rings (SSSR count). The molecule has 2 heterocycles. The minimum Gasteiger partial charge on any atom is -0.369 e. The van der Waals surface area contributed by atoms with Crippen molar-refractivity contribution in [1.29, 1.82) is 0 Å². The van der Waals surface area contributed by atoms with Gasteiger partial charge in [-0.05, 0) is 11.8 Å². The molecule has 114 valence electrons. The summed E-state index contributed by atoms with van der Waals surface area (Å²) in [5.74, 6) is 0.440. The maximum Gasteiger partial charge on any atom is 0.230 e. The molecule has 6 nitrogen and oxygen atoms in total. The van der Waals surface area contributed by atoms with Crippen LogP contribution >= 0.6 is 0 Å². The smallest absolute Gasteiger partial charge is 0.230 e. The van der Waals surface area contributed by atoms with Crippen LogP contribution in [0, 0.1) is 5.41 Å². The summed E-state index contributed by atoms with van der Waals surface area (Å²) in [6.45, 7) is 6.99. The van der Waals surface area contributed by atoms with E-state index in [1.807, 2.05) is 13.8 Å². The summed E-state index contributed by atoms with van der Waals surface area (Å²) in [6.07, 6.45) is 5.03. The second kappa shape index (κ2) is 6.20. The highest BCUT2D eigenvalue weighted by Crippen LogP contribution is 2.31. The topological polar surface area (TPSA) is 75.2 Å². The quantitative estimate of drug-likeness (QED) is 0.839. The fourth-order valence-electron chi connectivity index (χ4n) is 2.33. The number of nitrogens with one attached hydrogen (secondary N) is 1. The summed E-state index contributed by atoms with van der Waals surface area (Å²) in [5, 5.41) is 3.13. The predicted molar refractivity (Wildman–Crippen MR) is 79.4 cm³/mol. The van der Waals surface area contributed by atoms with E-state index in [9.17, 15) is 9.59 Å². The summed E-state index contributed by atoms with van der Waals surface area (Å²) < 4.78 is 0. The minimum absolute atomic E-state index is 0.133. The first-order valence-electron chi connectivity index (χ1n) is 7.29. The van der Waals surface area contributed by atoms with Crippen molar-refractivity contribution in [1.82, 2.24) is 14.9 Å². The number of amides is 2. The first-order chi connectivity index (χ1) is 9.91. The van der Waals surface area contributed by atoms with E-state index in [1.54, 1.807) is 12.4 Å². The first-order valence-corrected chi connectivity index (χ1v) is 7.29. The van der Waals surface area contributed by atoms with Crippen LogP contribution in [0.3, 0.4) is 0 Å². The normalized spacial score (nSPS) is 18.0. The Kier molecular flexibility index (Phi) is 4.55. The Hall–Kier alpha value is -1.98. The Labute approximate surface area is 125 Å². The van der Waals surface area contributed by atoms with Crippen LogP contribution in [0.15, 0.2) is 12.4 Å². The average Bonchev–Trinajstić information content (AvgIpc) is 2.41. The largest absolute Gasteiger partial charge is 0.369 e. The molecule has 2 amide bonds. The molecular weight excluding hydrogens is 268 g/mol. The molecule has 1 N–H and O–H groups in total. The third-order valence-corrected chi connectivity index (χ3v) is 3.44. The molecule has 1 saturated heterocycles. The molecule has 0 aliphatic carbocycles. The van der Waals surface area contributed by atoms with E-state index in [2.05, 4.69) is 22.2 Å². The molecule has 1 aromatic heterocycles. The molecule has 1 aliphatic rings. The fraction of sp³-hybridized carbons (Fsp3) is 0.600. The van der Waals surface area contributed by atoms with Crippen molar-refractivity contribution in [3.05, 3.63) is 18.1 Å². The highest BCUT2D eigenvalue weighted by Gasteiger charge is 2.37.